The maximum atomic E-state index is 5.14. The SMILES string of the molecule is CNc1nc(-c2csc(C)n2)nc(COC)c1Br. The lowest BCUT2D eigenvalue weighted by Gasteiger charge is -2.09. The molecule has 0 aromatic carbocycles. The highest BCUT2D eigenvalue weighted by Crippen LogP contribution is 2.27. The number of halogens is 1. The van der Waals surface area contributed by atoms with Crippen LogP contribution in [-0.2, 0) is 11.3 Å². The summed E-state index contributed by atoms with van der Waals surface area (Å²) in [7, 11) is 3.46. The normalized spacial score (nSPS) is 10.7. The number of anilines is 1. The molecule has 2 aromatic rings. The van der Waals surface area contributed by atoms with Crippen molar-refractivity contribution in [1.82, 2.24) is 15.0 Å². The van der Waals surface area contributed by atoms with Crippen LogP contribution in [0.15, 0.2) is 9.85 Å². The molecule has 0 fully saturated rings. The Balaban J connectivity index is 2.51. The van der Waals surface area contributed by atoms with Crippen LogP contribution in [0.4, 0.5) is 5.82 Å². The number of methoxy groups -OCH3 is 1. The smallest absolute Gasteiger partial charge is 0.181 e. The summed E-state index contributed by atoms with van der Waals surface area (Å²) in [5, 5.41) is 5.98. The van der Waals surface area contributed by atoms with Crippen molar-refractivity contribution >= 4 is 33.1 Å². The van der Waals surface area contributed by atoms with Gasteiger partial charge >= 0.3 is 0 Å². The molecule has 5 nitrogen and oxygen atoms in total. The van der Waals surface area contributed by atoms with Gasteiger partial charge in [-0.2, -0.15) is 0 Å². The number of nitrogens with zero attached hydrogens (tertiary/aromatic N) is 3. The Morgan fingerprint density at radius 2 is 2.17 bits per heavy atom. The average Bonchev–Trinajstić information content (AvgIpc) is 2.79. The quantitative estimate of drug-likeness (QED) is 0.935. The van der Waals surface area contributed by atoms with E-state index in [0.717, 1.165) is 26.7 Å². The first kappa shape index (κ1) is 13.4. The van der Waals surface area contributed by atoms with Gasteiger partial charge in [-0.15, -0.1) is 11.3 Å². The standard InChI is InChI=1S/C11H13BrN4OS/c1-6-14-8(5-18-6)10-15-7(4-17-3)9(12)11(13-2)16-10/h5H,4H2,1-3H3,(H,13,15,16). The van der Waals surface area contributed by atoms with Crippen LogP contribution in [0.3, 0.4) is 0 Å². The molecule has 0 bridgehead atoms. The summed E-state index contributed by atoms with van der Waals surface area (Å²) in [5.41, 5.74) is 1.59. The van der Waals surface area contributed by atoms with Gasteiger partial charge in [0, 0.05) is 19.5 Å². The Morgan fingerprint density at radius 3 is 2.72 bits per heavy atom. The fraction of sp³-hybridized carbons (Fsp3) is 0.364. The minimum absolute atomic E-state index is 0.425. The van der Waals surface area contributed by atoms with Gasteiger partial charge in [-0.25, -0.2) is 15.0 Å². The van der Waals surface area contributed by atoms with Crippen LogP contribution >= 0.6 is 27.3 Å². The molecule has 0 atom stereocenters. The van der Waals surface area contributed by atoms with Gasteiger partial charge in [-0.05, 0) is 22.9 Å². The molecule has 2 aromatic heterocycles. The molecule has 1 N–H and O–H groups in total. The van der Waals surface area contributed by atoms with E-state index < -0.39 is 0 Å². The molecule has 0 aliphatic heterocycles. The van der Waals surface area contributed by atoms with Gasteiger partial charge < -0.3 is 10.1 Å². The lowest BCUT2D eigenvalue weighted by atomic mass is 10.3. The number of nitrogens with one attached hydrogen (secondary N) is 1. The van der Waals surface area contributed by atoms with Crippen LogP contribution in [-0.4, -0.2) is 29.1 Å². The van der Waals surface area contributed by atoms with Crippen molar-refractivity contribution in [1.29, 1.82) is 0 Å². The Labute approximate surface area is 118 Å². The van der Waals surface area contributed by atoms with Gasteiger partial charge in [0.25, 0.3) is 0 Å². The summed E-state index contributed by atoms with van der Waals surface area (Å²) in [6.45, 7) is 2.38. The van der Waals surface area contributed by atoms with E-state index in [1.807, 2.05) is 19.4 Å². The van der Waals surface area contributed by atoms with Crippen LogP contribution < -0.4 is 5.32 Å². The molecule has 18 heavy (non-hydrogen) atoms. The van der Waals surface area contributed by atoms with E-state index in [2.05, 4.69) is 36.2 Å². The maximum absolute atomic E-state index is 5.14. The van der Waals surface area contributed by atoms with E-state index in [1.165, 1.54) is 0 Å². The third-order valence-corrected chi connectivity index (χ3v) is 3.89. The summed E-state index contributed by atoms with van der Waals surface area (Å²) in [5.74, 6) is 1.34. The molecule has 7 heteroatoms. The van der Waals surface area contributed by atoms with E-state index in [1.54, 1.807) is 18.4 Å². The highest BCUT2D eigenvalue weighted by molar-refractivity contribution is 9.10. The third kappa shape index (κ3) is 2.68. The second-order valence-electron chi connectivity index (χ2n) is 3.59. The van der Waals surface area contributed by atoms with Gasteiger partial charge in [0.1, 0.15) is 11.5 Å². The molecular weight excluding hydrogens is 316 g/mol. The molecule has 0 radical (unpaired) electrons. The number of thiazole rings is 1. The minimum Gasteiger partial charge on any atom is -0.378 e. The van der Waals surface area contributed by atoms with Crippen molar-refractivity contribution in [3.63, 3.8) is 0 Å². The van der Waals surface area contributed by atoms with Crippen molar-refractivity contribution in [2.45, 2.75) is 13.5 Å². The fourth-order valence-corrected chi connectivity index (χ4v) is 2.55. The molecule has 0 aliphatic carbocycles. The van der Waals surface area contributed by atoms with Crippen molar-refractivity contribution in [3.8, 4) is 11.5 Å². The molecule has 2 rings (SSSR count). The minimum atomic E-state index is 0.425. The van der Waals surface area contributed by atoms with Gasteiger partial charge in [0.15, 0.2) is 5.82 Å². The zero-order valence-electron chi connectivity index (χ0n) is 10.3. The van der Waals surface area contributed by atoms with Crippen molar-refractivity contribution in [3.05, 3.63) is 20.6 Å². The zero-order valence-corrected chi connectivity index (χ0v) is 12.7. The third-order valence-electron chi connectivity index (χ3n) is 2.29. The largest absolute Gasteiger partial charge is 0.378 e. The molecule has 0 amide bonds. The lowest BCUT2D eigenvalue weighted by molar-refractivity contribution is 0.181. The van der Waals surface area contributed by atoms with Crippen LogP contribution in [0.2, 0.25) is 0 Å². The van der Waals surface area contributed by atoms with E-state index in [4.69, 9.17) is 4.74 Å². The number of rotatable bonds is 4. The number of hydrogen-bond acceptors (Lipinski definition) is 6. The molecular formula is C11H13BrN4OS. The van der Waals surface area contributed by atoms with Crippen LogP contribution in [0.5, 0.6) is 0 Å². The van der Waals surface area contributed by atoms with Crippen LogP contribution in [0.25, 0.3) is 11.5 Å². The van der Waals surface area contributed by atoms with E-state index >= 15 is 0 Å². The molecule has 0 aliphatic rings. The number of ether oxygens (including phenoxy) is 1. The molecule has 0 unspecified atom stereocenters. The van der Waals surface area contributed by atoms with Gasteiger partial charge in [0.05, 0.1) is 21.8 Å². The summed E-state index contributed by atoms with van der Waals surface area (Å²) >= 11 is 5.05. The lowest BCUT2D eigenvalue weighted by Crippen LogP contribution is -2.04. The first-order valence-electron chi connectivity index (χ1n) is 5.31. The van der Waals surface area contributed by atoms with Gasteiger partial charge in [-0.1, -0.05) is 0 Å². The monoisotopic (exact) mass is 328 g/mol. The number of hydrogen-bond donors (Lipinski definition) is 1. The Morgan fingerprint density at radius 1 is 1.39 bits per heavy atom. The first-order valence-corrected chi connectivity index (χ1v) is 6.98. The Bertz CT molecular complexity index is 558. The number of aromatic nitrogens is 3. The van der Waals surface area contributed by atoms with Crippen LogP contribution in [0, 0.1) is 6.92 Å². The van der Waals surface area contributed by atoms with Gasteiger partial charge in [0.2, 0.25) is 0 Å². The molecule has 0 saturated heterocycles. The predicted octanol–water partition coefficient (Wildman–Crippen LogP) is 2.86. The van der Waals surface area contributed by atoms with Crippen LogP contribution in [0.1, 0.15) is 10.7 Å². The summed E-state index contributed by atoms with van der Waals surface area (Å²) < 4.78 is 5.96. The van der Waals surface area contributed by atoms with Crippen molar-refractivity contribution in [2.75, 3.05) is 19.5 Å². The van der Waals surface area contributed by atoms with E-state index in [9.17, 15) is 0 Å². The van der Waals surface area contributed by atoms with Gasteiger partial charge in [-0.3, -0.25) is 0 Å². The maximum Gasteiger partial charge on any atom is 0.181 e. The Hall–Kier alpha value is -1.05. The van der Waals surface area contributed by atoms with Crippen molar-refractivity contribution in [2.24, 2.45) is 0 Å². The first-order chi connectivity index (χ1) is 8.65. The molecule has 0 spiro atoms. The van der Waals surface area contributed by atoms with E-state index in [-0.39, 0.29) is 0 Å². The van der Waals surface area contributed by atoms with E-state index in [0.29, 0.717) is 12.4 Å². The highest BCUT2D eigenvalue weighted by atomic mass is 79.9. The average molecular weight is 329 g/mol. The fourth-order valence-electron chi connectivity index (χ4n) is 1.47. The summed E-state index contributed by atoms with van der Waals surface area (Å²) in [6, 6.07) is 0. The highest BCUT2D eigenvalue weighted by Gasteiger charge is 2.14. The number of aryl methyl sites for hydroxylation is 1. The summed E-state index contributed by atoms with van der Waals surface area (Å²) in [4.78, 5) is 13.3. The zero-order chi connectivity index (χ0) is 13.1. The Kier molecular flexibility index (Phi) is 4.26. The second-order valence-corrected chi connectivity index (χ2v) is 5.45. The van der Waals surface area contributed by atoms with Crippen molar-refractivity contribution < 1.29 is 4.74 Å². The predicted molar refractivity (Wildman–Crippen MR) is 75.8 cm³/mol. The molecule has 2 heterocycles. The molecule has 0 saturated carbocycles. The molecule has 96 valence electrons. The second kappa shape index (κ2) is 5.73. The summed E-state index contributed by atoms with van der Waals surface area (Å²) in [6.07, 6.45) is 0. The topological polar surface area (TPSA) is 59.9 Å².